The Morgan fingerprint density at radius 2 is 2.00 bits per heavy atom. The third kappa shape index (κ3) is 4.35. The van der Waals surface area contributed by atoms with Crippen molar-refractivity contribution in [2.75, 3.05) is 6.61 Å². The van der Waals surface area contributed by atoms with Crippen LogP contribution in [0.5, 0.6) is 11.5 Å². The molecule has 0 bridgehead atoms. The van der Waals surface area contributed by atoms with Crippen LogP contribution in [0.15, 0.2) is 53.6 Å². The highest BCUT2D eigenvalue weighted by molar-refractivity contribution is 5.86. The van der Waals surface area contributed by atoms with Crippen molar-refractivity contribution in [3.05, 3.63) is 59.7 Å². The number of rotatable bonds is 8. The standard InChI is InChI=1S/C25H30N2O3/c1-3-29-22-15-19(12-13-21(22)30-17-18-9-5-4-6-10-18)16-26-27-24(28)23-20-11-7-8-14-25(20,23)2/h4-6,9-10,12-13,15-16,20,23H,3,7-8,11,14,17H2,1-2H3,(H,27,28)/b26-16+/t20-,23-,25-/m0/s1. The zero-order valence-electron chi connectivity index (χ0n) is 17.8. The van der Waals surface area contributed by atoms with E-state index in [9.17, 15) is 4.79 Å². The minimum absolute atomic E-state index is 0.0495. The number of ether oxygens (including phenoxy) is 2. The van der Waals surface area contributed by atoms with Gasteiger partial charge in [-0.05, 0) is 60.4 Å². The van der Waals surface area contributed by atoms with E-state index in [1.165, 1.54) is 19.3 Å². The van der Waals surface area contributed by atoms with E-state index in [4.69, 9.17) is 9.47 Å². The van der Waals surface area contributed by atoms with Crippen molar-refractivity contribution < 1.29 is 14.3 Å². The van der Waals surface area contributed by atoms with E-state index >= 15 is 0 Å². The molecule has 2 fully saturated rings. The molecule has 0 aliphatic heterocycles. The summed E-state index contributed by atoms with van der Waals surface area (Å²) in [6.45, 7) is 5.21. The van der Waals surface area contributed by atoms with Gasteiger partial charge in [-0.3, -0.25) is 4.79 Å². The number of hydrazone groups is 1. The van der Waals surface area contributed by atoms with E-state index in [1.807, 2.05) is 55.5 Å². The van der Waals surface area contributed by atoms with Gasteiger partial charge in [0.05, 0.1) is 12.8 Å². The fourth-order valence-corrected chi connectivity index (χ4v) is 4.82. The number of nitrogens with zero attached hydrogens (tertiary/aromatic N) is 1. The maximum atomic E-state index is 12.5. The average molecular weight is 407 g/mol. The molecule has 2 aromatic rings. The summed E-state index contributed by atoms with van der Waals surface area (Å²) >= 11 is 0. The summed E-state index contributed by atoms with van der Waals surface area (Å²) < 4.78 is 11.7. The van der Waals surface area contributed by atoms with Crippen LogP contribution in [-0.2, 0) is 11.4 Å². The topological polar surface area (TPSA) is 59.9 Å². The number of carbonyl (C=O) groups is 1. The van der Waals surface area contributed by atoms with E-state index in [0.717, 1.165) is 17.5 Å². The van der Waals surface area contributed by atoms with Crippen molar-refractivity contribution in [3.8, 4) is 11.5 Å². The van der Waals surface area contributed by atoms with Crippen molar-refractivity contribution in [1.82, 2.24) is 5.43 Å². The summed E-state index contributed by atoms with van der Waals surface area (Å²) in [7, 11) is 0. The first-order valence-corrected chi connectivity index (χ1v) is 10.9. The van der Waals surface area contributed by atoms with Crippen LogP contribution in [0.1, 0.15) is 50.7 Å². The molecule has 0 radical (unpaired) electrons. The second-order valence-electron chi connectivity index (χ2n) is 8.48. The van der Waals surface area contributed by atoms with Gasteiger partial charge in [0.1, 0.15) is 6.61 Å². The van der Waals surface area contributed by atoms with Crippen molar-refractivity contribution in [3.63, 3.8) is 0 Å². The SMILES string of the molecule is CCOc1cc(/C=N/NC(=O)[C@@H]2[C@@H]3CCCC[C@]23C)ccc1OCc1ccccc1. The zero-order valence-corrected chi connectivity index (χ0v) is 17.8. The number of amides is 1. The van der Waals surface area contributed by atoms with Crippen molar-refractivity contribution in [2.24, 2.45) is 22.4 Å². The minimum Gasteiger partial charge on any atom is -0.490 e. The van der Waals surface area contributed by atoms with Crippen LogP contribution < -0.4 is 14.9 Å². The predicted octanol–water partition coefficient (Wildman–Crippen LogP) is 4.94. The van der Waals surface area contributed by atoms with Crippen molar-refractivity contribution >= 4 is 12.1 Å². The number of hydrogen-bond donors (Lipinski definition) is 1. The van der Waals surface area contributed by atoms with Gasteiger partial charge in [-0.25, -0.2) is 5.43 Å². The van der Waals surface area contributed by atoms with E-state index in [2.05, 4.69) is 17.5 Å². The van der Waals surface area contributed by atoms with Crippen molar-refractivity contribution in [2.45, 2.75) is 46.1 Å². The van der Waals surface area contributed by atoms with E-state index in [0.29, 0.717) is 30.6 Å². The van der Waals surface area contributed by atoms with Crippen LogP contribution >= 0.6 is 0 Å². The number of carbonyl (C=O) groups excluding carboxylic acids is 1. The monoisotopic (exact) mass is 406 g/mol. The average Bonchev–Trinajstić information content (AvgIpc) is 3.39. The first kappa shape index (κ1) is 20.5. The molecule has 5 nitrogen and oxygen atoms in total. The molecule has 2 aliphatic carbocycles. The Morgan fingerprint density at radius 1 is 1.17 bits per heavy atom. The molecule has 4 rings (SSSR count). The van der Waals surface area contributed by atoms with Gasteiger partial charge in [-0.15, -0.1) is 0 Å². The fourth-order valence-electron chi connectivity index (χ4n) is 4.82. The fraction of sp³-hybridized carbons (Fsp3) is 0.440. The summed E-state index contributed by atoms with van der Waals surface area (Å²) in [6.07, 6.45) is 6.46. The second-order valence-corrected chi connectivity index (χ2v) is 8.48. The van der Waals surface area contributed by atoms with E-state index < -0.39 is 0 Å². The summed E-state index contributed by atoms with van der Waals surface area (Å²) in [5.74, 6) is 2.06. The normalized spacial score (nSPS) is 24.9. The van der Waals surface area contributed by atoms with Crippen LogP contribution in [0.2, 0.25) is 0 Å². The molecule has 1 N–H and O–H groups in total. The molecular weight excluding hydrogens is 376 g/mol. The second kappa shape index (κ2) is 8.90. The first-order chi connectivity index (χ1) is 14.6. The summed E-state index contributed by atoms with van der Waals surface area (Å²) in [5, 5.41) is 4.20. The van der Waals surface area contributed by atoms with Crippen LogP contribution in [-0.4, -0.2) is 18.7 Å². The smallest absolute Gasteiger partial charge is 0.244 e. The van der Waals surface area contributed by atoms with Gasteiger partial charge < -0.3 is 9.47 Å². The van der Waals surface area contributed by atoms with Gasteiger partial charge in [0.2, 0.25) is 5.91 Å². The summed E-state index contributed by atoms with van der Waals surface area (Å²) in [6, 6.07) is 15.7. The Morgan fingerprint density at radius 3 is 2.73 bits per heavy atom. The molecule has 0 saturated heterocycles. The van der Waals surface area contributed by atoms with Crippen molar-refractivity contribution in [1.29, 1.82) is 0 Å². The third-order valence-corrected chi connectivity index (χ3v) is 6.51. The minimum atomic E-state index is 0.0495. The number of hydrogen-bond acceptors (Lipinski definition) is 4. The van der Waals surface area contributed by atoms with Gasteiger partial charge in [0.15, 0.2) is 11.5 Å². The molecule has 1 amide bonds. The maximum Gasteiger partial charge on any atom is 0.244 e. The molecule has 2 aliphatic rings. The van der Waals surface area contributed by atoms with Gasteiger partial charge in [0.25, 0.3) is 0 Å². The molecule has 158 valence electrons. The number of nitrogens with one attached hydrogen (secondary N) is 1. The van der Waals surface area contributed by atoms with Crippen LogP contribution in [0, 0.1) is 17.3 Å². The molecule has 2 saturated carbocycles. The number of fused-ring (bicyclic) bond motifs is 1. The van der Waals surface area contributed by atoms with Gasteiger partial charge in [0, 0.05) is 5.92 Å². The summed E-state index contributed by atoms with van der Waals surface area (Å²) in [4.78, 5) is 12.5. The Kier molecular flexibility index (Phi) is 6.07. The first-order valence-electron chi connectivity index (χ1n) is 10.9. The lowest BCUT2D eigenvalue weighted by Crippen LogP contribution is -2.22. The lowest BCUT2D eigenvalue weighted by molar-refractivity contribution is -0.123. The molecule has 2 aromatic carbocycles. The molecular formula is C25H30N2O3. The Balaban J connectivity index is 1.36. The largest absolute Gasteiger partial charge is 0.490 e. The molecule has 0 spiro atoms. The molecule has 0 heterocycles. The molecule has 0 aromatic heterocycles. The van der Waals surface area contributed by atoms with Gasteiger partial charge in [-0.1, -0.05) is 50.1 Å². The predicted molar refractivity (Wildman–Crippen MR) is 118 cm³/mol. The highest BCUT2D eigenvalue weighted by Crippen LogP contribution is 2.66. The summed E-state index contributed by atoms with van der Waals surface area (Å²) in [5.41, 5.74) is 4.89. The maximum absolute atomic E-state index is 12.5. The molecule has 30 heavy (non-hydrogen) atoms. The highest BCUT2D eigenvalue weighted by atomic mass is 16.5. The third-order valence-electron chi connectivity index (χ3n) is 6.51. The van der Waals surface area contributed by atoms with Gasteiger partial charge >= 0.3 is 0 Å². The Hall–Kier alpha value is -2.82. The highest BCUT2D eigenvalue weighted by Gasteiger charge is 2.64. The van der Waals surface area contributed by atoms with Crippen LogP contribution in [0.3, 0.4) is 0 Å². The lowest BCUT2D eigenvalue weighted by atomic mass is 9.90. The van der Waals surface area contributed by atoms with E-state index in [-0.39, 0.29) is 17.2 Å². The molecule has 3 atom stereocenters. The quantitative estimate of drug-likeness (QED) is 0.499. The Labute approximate surface area is 178 Å². The number of benzene rings is 2. The molecule has 5 heteroatoms. The Bertz CT molecular complexity index is 912. The van der Waals surface area contributed by atoms with E-state index in [1.54, 1.807) is 6.21 Å². The van der Waals surface area contributed by atoms with Crippen LogP contribution in [0.4, 0.5) is 0 Å². The zero-order chi connectivity index (χ0) is 21.0. The lowest BCUT2D eigenvalue weighted by Gasteiger charge is -2.15. The molecule has 0 unspecified atom stereocenters. The van der Waals surface area contributed by atoms with Crippen LogP contribution in [0.25, 0.3) is 0 Å². The van der Waals surface area contributed by atoms with Gasteiger partial charge in [-0.2, -0.15) is 5.10 Å².